The third-order valence-electron chi connectivity index (χ3n) is 2.66. The van der Waals surface area contributed by atoms with E-state index >= 15 is 0 Å². The number of hydrogen-bond acceptors (Lipinski definition) is 1. The van der Waals surface area contributed by atoms with Crippen LogP contribution in [0, 0.1) is 11.6 Å². The van der Waals surface area contributed by atoms with Gasteiger partial charge < -0.3 is 10.6 Å². The van der Waals surface area contributed by atoms with Crippen molar-refractivity contribution >= 4 is 17.4 Å². The Labute approximate surface area is 121 Å². The van der Waals surface area contributed by atoms with Crippen LogP contribution in [0.4, 0.5) is 38.1 Å². The fourth-order valence-electron chi connectivity index (χ4n) is 1.70. The first-order valence-corrected chi connectivity index (χ1v) is 5.96. The van der Waals surface area contributed by atoms with Gasteiger partial charge in [0.2, 0.25) is 0 Å². The van der Waals surface area contributed by atoms with Crippen molar-refractivity contribution in [2.75, 3.05) is 10.6 Å². The molecule has 0 radical (unpaired) electrons. The normalized spacial score (nSPS) is 11.1. The molecule has 2 rings (SSSR count). The topological polar surface area (TPSA) is 41.1 Å². The first-order chi connectivity index (χ1) is 10.3. The molecule has 8 heteroatoms. The standard InChI is InChI=1S/C14H9F5N2O/c15-10-6-5-8(7-11(10)16)20-13(22)21-12-4-2-1-3-9(12)14(17,18)19/h1-7H,(H2,20,21,22). The van der Waals surface area contributed by atoms with Crippen molar-refractivity contribution in [3.05, 3.63) is 59.7 Å². The number of benzene rings is 2. The predicted molar refractivity (Wildman–Crippen MR) is 70.4 cm³/mol. The van der Waals surface area contributed by atoms with Crippen molar-refractivity contribution in [3.8, 4) is 0 Å². The summed E-state index contributed by atoms with van der Waals surface area (Å²) in [5.41, 5.74) is -1.56. The van der Waals surface area contributed by atoms with Crippen molar-refractivity contribution in [2.24, 2.45) is 0 Å². The molecule has 22 heavy (non-hydrogen) atoms. The van der Waals surface area contributed by atoms with Gasteiger partial charge in [-0.05, 0) is 24.3 Å². The maximum absolute atomic E-state index is 13.0. The SMILES string of the molecule is O=C(Nc1ccc(F)c(F)c1)Nc1ccccc1C(F)(F)F. The van der Waals surface area contributed by atoms with Gasteiger partial charge in [0, 0.05) is 11.8 Å². The summed E-state index contributed by atoms with van der Waals surface area (Å²) < 4.78 is 64.0. The molecule has 0 heterocycles. The number of urea groups is 1. The Morgan fingerprint density at radius 3 is 2.23 bits per heavy atom. The van der Waals surface area contributed by atoms with E-state index in [0.717, 1.165) is 24.3 Å². The highest BCUT2D eigenvalue weighted by molar-refractivity contribution is 6.00. The average molecular weight is 316 g/mol. The molecule has 0 atom stereocenters. The van der Waals surface area contributed by atoms with E-state index in [1.54, 1.807) is 0 Å². The van der Waals surface area contributed by atoms with Crippen LogP contribution in [0.2, 0.25) is 0 Å². The van der Waals surface area contributed by atoms with Crippen LogP contribution in [0.5, 0.6) is 0 Å². The molecular weight excluding hydrogens is 307 g/mol. The lowest BCUT2D eigenvalue weighted by Gasteiger charge is -2.14. The molecule has 0 aliphatic carbocycles. The zero-order chi connectivity index (χ0) is 16.3. The summed E-state index contributed by atoms with van der Waals surface area (Å²) in [4.78, 5) is 11.7. The predicted octanol–water partition coefficient (Wildman–Crippen LogP) is 4.63. The number of rotatable bonds is 2. The summed E-state index contributed by atoms with van der Waals surface area (Å²) >= 11 is 0. The molecule has 2 aromatic rings. The number of halogens is 5. The molecule has 3 nitrogen and oxygen atoms in total. The number of amides is 2. The van der Waals surface area contributed by atoms with Crippen LogP contribution in [-0.2, 0) is 6.18 Å². The molecule has 0 bridgehead atoms. The van der Waals surface area contributed by atoms with Crippen LogP contribution in [-0.4, -0.2) is 6.03 Å². The molecule has 0 aliphatic heterocycles. The van der Waals surface area contributed by atoms with Crippen molar-refractivity contribution in [1.82, 2.24) is 0 Å². The van der Waals surface area contributed by atoms with Gasteiger partial charge in [0.1, 0.15) is 0 Å². The lowest BCUT2D eigenvalue weighted by molar-refractivity contribution is -0.136. The zero-order valence-electron chi connectivity index (χ0n) is 10.8. The van der Waals surface area contributed by atoms with E-state index in [-0.39, 0.29) is 5.69 Å². The fraction of sp³-hybridized carbons (Fsp3) is 0.0714. The van der Waals surface area contributed by atoms with Crippen molar-refractivity contribution < 1.29 is 26.7 Å². The van der Waals surface area contributed by atoms with E-state index in [1.165, 1.54) is 12.1 Å². The monoisotopic (exact) mass is 316 g/mol. The Morgan fingerprint density at radius 1 is 0.909 bits per heavy atom. The minimum atomic E-state index is -4.63. The second kappa shape index (κ2) is 6.00. The van der Waals surface area contributed by atoms with Crippen LogP contribution in [0.15, 0.2) is 42.5 Å². The number of carbonyl (C=O) groups is 1. The maximum atomic E-state index is 13.0. The Balaban J connectivity index is 2.14. The van der Waals surface area contributed by atoms with Crippen LogP contribution < -0.4 is 10.6 Å². The van der Waals surface area contributed by atoms with Crippen molar-refractivity contribution in [3.63, 3.8) is 0 Å². The van der Waals surface area contributed by atoms with Gasteiger partial charge in [-0.25, -0.2) is 13.6 Å². The maximum Gasteiger partial charge on any atom is 0.418 e. The Bertz CT molecular complexity index is 700. The van der Waals surface area contributed by atoms with E-state index in [9.17, 15) is 26.7 Å². The molecule has 0 unspecified atom stereocenters. The lowest BCUT2D eigenvalue weighted by Crippen LogP contribution is -2.22. The smallest absolute Gasteiger partial charge is 0.308 e. The van der Waals surface area contributed by atoms with Gasteiger partial charge in [0.25, 0.3) is 0 Å². The van der Waals surface area contributed by atoms with Crippen LogP contribution in [0.1, 0.15) is 5.56 Å². The number of hydrogen-bond donors (Lipinski definition) is 2. The van der Waals surface area contributed by atoms with Crippen molar-refractivity contribution in [1.29, 1.82) is 0 Å². The Hall–Kier alpha value is -2.64. The summed E-state index contributed by atoms with van der Waals surface area (Å²) in [6.45, 7) is 0. The third kappa shape index (κ3) is 3.72. The molecular formula is C14H9F5N2O. The van der Waals surface area contributed by atoms with Gasteiger partial charge in [-0.2, -0.15) is 13.2 Å². The number of alkyl halides is 3. The second-order valence-electron chi connectivity index (χ2n) is 4.25. The number of carbonyl (C=O) groups excluding carboxylic acids is 1. The van der Waals surface area contributed by atoms with E-state index in [1.807, 2.05) is 5.32 Å². The van der Waals surface area contributed by atoms with Gasteiger partial charge in [0.05, 0.1) is 11.3 Å². The van der Waals surface area contributed by atoms with Gasteiger partial charge in [-0.3, -0.25) is 0 Å². The molecule has 0 spiro atoms. The van der Waals surface area contributed by atoms with Crippen LogP contribution in [0.25, 0.3) is 0 Å². The van der Waals surface area contributed by atoms with Crippen LogP contribution in [0.3, 0.4) is 0 Å². The van der Waals surface area contributed by atoms with Crippen molar-refractivity contribution in [2.45, 2.75) is 6.18 Å². The van der Waals surface area contributed by atoms with Gasteiger partial charge in [-0.15, -0.1) is 0 Å². The highest BCUT2D eigenvalue weighted by Gasteiger charge is 2.33. The number of nitrogens with one attached hydrogen (secondary N) is 2. The molecule has 116 valence electrons. The molecule has 0 aliphatic rings. The largest absolute Gasteiger partial charge is 0.418 e. The number of para-hydroxylation sites is 1. The van der Waals surface area contributed by atoms with E-state index in [2.05, 4.69) is 5.32 Å². The van der Waals surface area contributed by atoms with Crippen LogP contribution >= 0.6 is 0 Å². The minimum absolute atomic E-state index is 0.0964. The molecule has 2 amide bonds. The highest BCUT2D eigenvalue weighted by Crippen LogP contribution is 2.34. The minimum Gasteiger partial charge on any atom is -0.308 e. The third-order valence-corrected chi connectivity index (χ3v) is 2.66. The quantitative estimate of drug-likeness (QED) is 0.779. The number of anilines is 2. The van der Waals surface area contributed by atoms with Gasteiger partial charge in [0.15, 0.2) is 11.6 Å². The molecule has 0 saturated heterocycles. The average Bonchev–Trinajstić information content (AvgIpc) is 2.42. The fourth-order valence-corrected chi connectivity index (χ4v) is 1.70. The first kappa shape index (κ1) is 15.7. The Morgan fingerprint density at radius 2 is 1.59 bits per heavy atom. The van der Waals surface area contributed by atoms with Gasteiger partial charge >= 0.3 is 12.2 Å². The molecule has 0 saturated carbocycles. The lowest BCUT2D eigenvalue weighted by atomic mass is 10.1. The summed E-state index contributed by atoms with van der Waals surface area (Å²) in [7, 11) is 0. The molecule has 2 aromatic carbocycles. The molecule has 2 N–H and O–H groups in total. The van der Waals surface area contributed by atoms with E-state index < -0.39 is 35.1 Å². The van der Waals surface area contributed by atoms with E-state index in [4.69, 9.17) is 0 Å². The Kier molecular flexibility index (Phi) is 4.30. The summed E-state index contributed by atoms with van der Waals surface area (Å²) in [5.74, 6) is -2.29. The van der Waals surface area contributed by atoms with E-state index in [0.29, 0.717) is 6.07 Å². The molecule has 0 fully saturated rings. The highest BCUT2D eigenvalue weighted by atomic mass is 19.4. The summed E-state index contributed by atoms with van der Waals surface area (Å²) in [6.07, 6.45) is -4.63. The zero-order valence-corrected chi connectivity index (χ0v) is 10.8. The van der Waals surface area contributed by atoms with Gasteiger partial charge in [-0.1, -0.05) is 12.1 Å². The first-order valence-electron chi connectivity index (χ1n) is 5.96. The summed E-state index contributed by atoms with van der Waals surface area (Å²) in [6, 6.07) is 5.96. The summed E-state index contributed by atoms with van der Waals surface area (Å²) in [5, 5.41) is 4.13. The molecule has 0 aromatic heterocycles. The second-order valence-corrected chi connectivity index (χ2v) is 4.25.